The molecule has 0 spiro atoms. The van der Waals surface area contributed by atoms with Crippen molar-refractivity contribution < 1.29 is 17.9 Å². The van der Waals surface area contributed by atoms with Crippen LogP contribution in [0.1, 0.15) is 37.3 Å². The molecule has 2 aromatic carbocycles. The summed E-state index contributed by atoms with van der Waals surface area (Å²) in [5.41, 5.74) is 4.74. The second kappa shape index (κ2) is 6.88. The van der Waals surface area contributed by atoms with Crippen LogP contribution in [0.2, 0.25) is 0 Å². The molecule has 0 bridgehead atoms. The summed E-state index contributed by atoms with van der Waals surface area (Å²) in [6.45, 7) is 2.23. The molecule has 0 aliphatic heterocycles. The van der Waals surface area contributed by atoms with E-state index in [-0.39, 0.29) is 5.75 Å². The van der Waals surface area contributed by atoms with Gasteiger partial charge in [0.1, 0.15) is 5.75 Å². The van der Waals surface area contributed by atoms with Gasteiger partial charge < -0.3 is 4.74 Å². The molecule has 1 unspecified atom stereocenters. The van der Waals surface area contributed by atoms with Gasteiger partial charge in [-0.3, -0.25) is 0 Å². The largest absolute Gasteiger partial charge is 0.573 e. The third-order valence-corrected chi connectivity index (χ3v) is 4.65. The summed E-state index contributed by atoms with van der Waals surface area (Å²) in [6, 6.07) is 12.5. The van der Waals surface area contributed by atoms with E-state index >= 15 is 0 Å². The van der Waals surface area contributed by atoms with Crippen molar-refractivity contribution in [1.82, 2.24) is 0 Å². The molecule has 0 saturated heterocycles. The first-order chi connectivity index (χ1) is 11.4. The number of fused-ring (bicyclic) bond motifs is 1. The van der Waals surface area contributed by atoms with E-state index in [1.807, 2.05) is 0 Å². The van der Waals surface area contributed by atoms with Gasteiger partial charge in [0, 0.05) is 0 Å². The first-order valence-corrected chi connectivity index (χ1v) is 8.42. The van der Waals surface area contributed by atoms with Crippen molar-refractivity contribution in [2.45, 2.75) is 45.4 Å². The number of halogens is 3. The van der Waals surface area contributed by atoms with Gasteiger partial charge in [-0.25, -0.2) is 0 Å². The summed E-state index contributed by atoms with van der Waals surface area (Å²) in [4.78, 5) is 0. The summed E-state index contributed by atoms with van der Waals surface area (Å²) in [5, 5.41) is 0. The Balaban J connectivity index is 1.76. The molecule has 0 radical (unpaired) electrons. The summed E-state index contributed by atoms with van der Waals surface area (Å²) < 4.78 is 40.6. The average molecular weight is 334 g/mol. The molecule has 1 aliphatic carbocycles. The zero-order valence-corrected chi connectivity index (χ0v) is 13.7. The van der Waals surface area contributed by atoms with Gasteiger partial charge in [0.05, 0.1) is 0 Å². The van der Waals surface area contributed by atoms with Crippen molar-refractivity contribution in [2.24, 2.45) is 5.92 Å². The van der Waals surface area contributed by atoms with Crippen LogP contribution in [0.3, 0.4) is 0 Å². The van der Waals surface area contributed by atoms with Gasteiger partial charge in [0.2, 0.25) is 0 Å². The van der Waals surface area contributed by atoms with Gasteiger partial charge in [-0.05, 0) is 59.6 Å². The number of benzene rings is 2. The Kier molecular flexibility index (Phi) is 4.83. The van der Waals surface area contributed by atoms with Gasteiger partial charge in [-0.1, -0.05) is 50.1 Å². The van der Waals surface area contributed by atoms with Crippen LogP contribution in [0, 0.1) is 5.92 Å². The zero-order valence-electron chi connectivity index (χ0n) is 13.7. The normalized spacial score (nSPS) is 17.4. The number of hydrogen-bond donors (Lipinski definition) is 0. The minimum absolute atomic E-state index is 0.188. The first-order valence-electron chi connectivity index (χ1n) is 8.42. The summed E-state index contributed by atoms with van der Waals surface area (Å²) in [6.07, 6.45) is 1.31. The highest BCUT2D eigenvalue weighted by atomic mass is 19.4. The molecular formula is C20H21F3O. The minimum atomic E-state index is -4.65. The SMILES string of the molecule is CCCC1CCc2cc(-c3ccc(OC(F)(F)F)cc3)ccc2C1. The lowest BCUT2D eigenvalue weighted by atomic mass is 9.81. The van der Waals surface area contributed by atoms with Crippen molar-refractivity contribution in [2.75, 3.05) is 0 Å². The Bertz CT molecular complexity index is 689. The topological polar surface area (TPSA) is 9.23 Å². The smallest absolute Gasteiger partial charge is 0.406 e. The van der Waals surface area contributed by atoms with Crippen LogP contribution in [0.5, 0.6) is 5.75 Å². The highest BCUT2D eigenvalue weighted by molar-refractivity contribution is 5.66. The third-order valence-electron chi connectivity index (χ3n) is 4.65. The number of ether oxygens (including phenoxy) is 1. The van der Waals surface area contributed by atoms with E-state index in [0.29, 0.717) is 0 Å². The van der Waals surface area contributed by atoms with E-state index in [9.17, 15) is 13.2 Å². The average Bonchev–Trinajstić information content (AvgIpc) is 2.54. The van der Waals surface area contributed by atoms with E-state index in [1.54, 1.807) is 12.1 Å². The van der Waals surface area contributed by atoms with Crippen LogP contribution < -0.4 is 4.74 Å². The highest BCUT2D eigenvalue weighted by Crippen LogP contribution is 2.32. The van der Waals surface area contributed by atoms with E-state index < -0.39 is 6.36 Å². The number of aryl methyl sites for hydroxylation is 1. The lowest BCUT2D eigenvalue weighted by Crippen LogP contribution is -2.16. The lowest BCUT2D eigenvalue weighted by Gasteiger charge is -2.25. The Morgan fingerprint density at radius 3 is 2.38 bits per heavy atom. The van der Waals surface area contributed by atoms with E-state index in [0.717, 1.165) is 29.9 Å². The van der Waals surface area contributed by atoms with Crippen molar-refractivity contribution in [1.29, 1.82) is 0 Å². The molecule has 24 heavy (non-hydrogen) atoms. The Labute approximate surface area is 140 Å². The van der Waals surface area contributed by atoms with Crippen LogP contribution in [0.25, 0.3) is 11.1 Å². The molecule has 1 atom stereocenters. The molecule has 1 nitrogen and oxygen atoms in total. The minimum Gasteiger partial charge on any atom is -0.406 e. The molecule has 3 rings (SSSR count). The van der Waals surface area contributed by atoms with Crippen LogP contribution in [-0.4, -0.2) is 6.36 Å². The van der Waals surface area contributed by atoms with Crippen molar-refractivity contribution >= 4 is 0 Å². The summed E-state index contributed by atoms with van der Waals surface area (Å²) in [7, 11) is 0. The molecule has 4 heteroatoms. The fraction of sp³-hybridized carbons (Fsp3) is 0.400. The predicted molar refractivity (Wildman–Crippen MR) is 89.0 cm³/mol. The third kappa shape index (κ3) is 4.11. The van der Waals surface area contributed by atoms with Gasteiger partial charge in [-0.15, -0.1) is 13.2 Å². The van der Waals surface area contributed by atoms with Crippen molar-refractivity contribution in [3.63, 3.8) is 0 Å². The van der Waals surface area contributed by atoms with Gasteiger partial charge >= 0.3 is 6.36 Å². The standard InChI is InChI=1S/C20H21F3O/c1-2-3-14-4-5-18-13-17(7-6-16(18)12-14)15-8-10-19(11-9-15)24-20(21,22)23/h6-11,13-14H,2-5,12H2,1H3. The molecule has 0 aromatic heterocycles. The monoisotopic (exact) mass is 334 g/mol. The van der Waals surface area contributed by atoms with Crippen LogP contribution >= 0.6 is 0 Å². The second-order valence-corrected chi connectivity index (χ2v) is 6.45. The lowest BCUT2D eigenvalue weighted by molar-refractivity contribution is -0.274. The molecular weight excluding hydrogens is 313 g/mol. The summed E-state index contributed by atoms with van der Waals surface area (Å²) in [5.74, 6) is 0.596. The maximum atomic E-state index is 12.2. The fourth-order valence-corrected chi connectivity index (χ4v) is 3.51. The van der Waals surface area contributed by atoms with E-state index in [1.165, 1.54) is 42.5 Å². The number of alkyl halides is 3. The van der Waals surface area contributed by atoms with Crippen LogP contribution in [0.4, 0.5) is 13.2 Å². The fourth-order valence-electron chi connectivity index (χ4n) is 3.51. The van der Waals surface area contributed by atoms with Crippen molar-refractivity contribution in [3.8, 4) is 16.9 Å². The molecule has 0 N–H and O–H groups in total. The molecule has 0 fully saturated rings. The molecule has 2 aromatic rings. The highest BCUT2D eigenvalue weighted by Gasteiger charge is 2.31. The molecule has 1 aliphatic rings. The Hall–Kier alpha value is -1.97. The number of hydrogen-bond acceptors (Lipinski definition) is 1. The van der Waals surface area contributed by atoms with Crippen LogP contribution in [-0.2, 0) is 12.8 Å². The van der Waals surface area contributed by atoms with Crippen LogP contribution in [0.15, 0.2) is 42.5 Å². The Morgan fingerprint density at radius 1 is 1.00 bits per heavy atom. The van der Waals surface area contributed by atoms with Gasteiger partial charge in [0.15, 0.2) is 0 Å². The summed E-state index contributed by atoms with van der Waals surface area (Å²) >= 11 is 0. The van der Waals surface area contributed by atoms with E-state index in [4.69, 9.17) is 0 Å². The maximum absolute atomic E-state index is 12.2. The Morgan fingerprint density at radius 2 is 1.71 bits per heavy atom. The van der Waals surface area contributed by atoms with Gasteiger partial charge in [0.25, 0.3) is 0 Å². The molecule has 0 heterocycles. The number of rotatable bonds is 4. The van der Waals surface area contributed by atoms with Crippen molar-refractivity contribution in [3.05, 3.63) is 53.6 Å². The molecule has 128 valence electrons. The maximum Gasteiger partial charge on any atom is 0.573 e. The van der Waals surface area contributed by atoms with E-state index in [2.05, 4.69) is 29.9 Å². The van der Waals surface area contributed by atoms with Gasteiger partial charge in [-0.2, -0.15) is 0 Å². The second-order valence-electron chi connectivity index (χ2n) is 6.45. The molecule has 0 saturated carbocycles. The first kappa shape index (κ1) is 16.9. The predicted octanol–water partition coefficient (Wildman–Crippen LogP) is 6.16. The quantitative estimate of drug-likeness (QED) is 0.651. The molecule has 0 amide bonds. The zero-order chi connectivity index (χ0) is 17.2.